The van der Waals surface area contributed by atoms with E-state index in [0.717, 1.165) is 31.3 Å². The Kier molecular flexibility index (Phi) is 8.62. The van der Waals surface area contributed by atoms with Crippen molar-refractivity contribution in [2.24, 2.45) is 12.0 Å². The van der Waals surface area contributed by atoms with Crippen LogP contribution in [0.2, 0.25) is 0 Å². The average Bonchev–Trinajstić information content (AvgIpc) is 2.92. The van der Waals surface area contributed by atoms with Crippen molar-refractivity contribution in [1.82, 2.24) is 25.3 Å². The monoisotopic (exact) mass is 464 g/mol. The Morgan fingerprint density at radius 3 is 2.48 bits per heavy atom. The molecule has 1 fully saturated rings. The lowest BCUT2D eigenvalue weighted by Gasteiger charge is -2.45. The molecule has 1 saturated heterocycles. The van der Waals surface area contributed by atoms with Crippen molar-refractivity contribution in [2.45, 2.75) is 52.0 Å². The zero-order chi connectivity index (χ0) is 17.7. The van der Waals surface area contributed by atoms with Crippen LogP contribution in [0.3, 0.4) is 0 Å². The molecule has 1 aliphatic heterocycles. The Hall–Kier alpha value is -0.870. The van der Waals surface area contributed by atoms with E-state index in [0.29, 0.717) is 6.54 Å². The van der Waals surface area contributed by atoms with Crippen LogP contribution < -0.4 is 10.6 Å². The zero-order valence-corrected chi connectivity index (χ0v) is 18.6. The van der Waals surface area contributed by atoms with E-state index in [2.05, 4.69) is 53.3 Å². The number of aliphatic imine (C=N–C) groups is 1. The Bertz CT molecular complexity index is 549. The van der Waals surface area contributed by atoms with Gasteiger partial charge in [-0.05, 0) is 33.8 Å². The number of aromatic nitrogens is 2. The number of hydrogen-bond acceptors (Lipinski definition) is 4. The first-order valence-electron chi connectivity index (χ1n) is 8.63. The number of nitrogens with zero attached hydrogens (tertiary/aromatic N) is 4. The highest BCUT2D eigenvalue weighted by Gasteiger charge is 2.33. The molecular formula is C17H33IN6O. The Balaban J connectivity index is 0.00000312. The van der Waals surface area contributed by atoms with Crippen molar-refractivity contribution in [3.63, 3.8) is 0 Å². The van der Waals surface area contributed by atoms with Gasteiger partial charge in [-0.15, -0.1) is 24.0 Å². The highest BCUT2D eigenvalue weighted by molar-refractivity contribution is 14.0. The van der Waals surface area contributed by atoms with Gasteiger partial charge < -0.3 is 15.4 Å². The molecule has 2 heterocycles. The van der Waals surface area contributed by atoms with Gasteiger partial charge in [0.25, 0.3) is 0 Å². The normalized spacial score (nSPS) is 22.4. The topological polar surface area (TPSA) is 66.7 Å². The average molecular weight is 464 g/mol. The smallest absolute Gasteiger partial charge is 0.191 e. The maximum absolute atomic E-state index is 5.84. The lowest BCUT2D eigenvalue weighted by molar-refractivity contribution is -0.0946. The van der Waals surface area contributed by atoms with E-state index >= 15 is 0 Å². The molecule has 1 aromatic rings. The van der Waals surface area contributed by atoms with E-state index < -0.39 is 0 Å². The Morgan fingerprint density at radius 2 is 1.96 bits per heavy atom. The second-order valence-corrected chi connectivity index (χ2v) is 7.20. The maximum atomic E-state index is 5.84. The summed E-state index contributed by atoms with van der Waals surface area (Å²) in [4.78, 5) is 6.81. The minimum Gasteiger partial charge on any atom is -0.373 e. The summed E-state index contributed by atoms with van der Waals surface area (Å²) in [5.74, 6) is 0.804. The summed E-state index contributed by atoms with van der Waals surface area (Å²) >= 11 is 0. The van der Waals surface area contributed by atoms with Crippen molar-refractivity contribution >= 4 is 29.9 Å². The fourth-order valence-corrected chi connectivity index (χ4v) is 3.05. The van der Waals surface area contributed by atoms with Gasteiger partial charge in [0.05, 0.1) is 24.4 Å². The molecule has 2 unspecified atom stereocenters. The summed E-state index contributed by atoms with van der Waals surface area (Å²) in [6.07, 6.45) is 2.35. The minimum absolute atomic E-state index is 0. The molecule has 0 radical (unpaired) electrons. The summed E-state index contributed by atoms with van der Waals surface area (Å²) in [6.45, 7) is 12.2. The van der Waals surface area contributed by atoms with Gasteiger partial charge in [-0.2, -0.15) is 5.10 Å². The summed E-state index contributed by atoms with van der Waals surface area (Å²) in [5.41, 5.74) is 1.14. The van der Waals surface area contributed by atoms with Gasteiger partial charge >= 0.3 is 0 Å². The first-order chi connectivity index (χ1) is 11.3. The van der Waals surface area contributed by atoms with E-state index in [9.17, 15) is 0 Å². The quantitative estimate of drug-likeness (QED) is 0.394. The molecule has 2 atom stereocenters. The lowest BCUT2D eigenvalue weighted by Crippen LogP contribution is -2.59. The molecule has 2 N–H and O–H groups in total. The van der Waals surface area contributed by atoms with Crippen LogP contribution in [0, 0.1) is 0 Å². The predicted molar refractivity (Wildman–Crippen MR) is 112 cm³/mol. The van der Waals surface area contributed by atoms with Gasteiger partial charge in [-0.3, -0.25) is 14.6 Å². The van der Waals surface area contributed by atoms with E-state index in [1.54, 1.807) is 13.2 Å². The fraction of sp³-hybridized carbons (Fsp3) is 0.765. The van der Waals surface area contributed by atoms with Crippen LogP contribution in [0.5, 0.6) is 0 Å². The molecule has 0 aromatic carbocycles. The third-order valence-electron chi connectivity index (χ3n) is 4.55. The van der Waals surface area contributed by atoms with Gasteiger partial charge in [-0.25, -0.2) is 0 Å². The lowest BCUT2D eigenvalue weighted by atomic mass is 10.00. The standard InChI is InChI=1S/C17H32N6O.HI/c1-13-10-23(11-14(2)24-13)17(3,4)12-20-16(18-5)19-9-15-7-8-21-22(15)6;/h7-8,13-14H,9-12H2,1-6H3,(H2,18,19,20);1H. The SMILES string of the molecule is CN=C(NCc1ccnn1C)NCC(C)(C)N1CC(C)OC(C)C1.I. The van der Waals surface area contributed by atoms with E-state index in [1.807, 2.05) is 17.8 Å². The Morgan fingerprint density at radius 1 is 1.32 bits per heavy atom. The van der Waals surface area contributed by atoms with Crippen molar-refractivity contribution in [2.75, 3.05) is 26.7 Å². The summed E-state index contributed by atoms with van der Waals surface area (Å²) in [6, 6.07) is 2.00. The van der Waals surface area contributed by atoms with Crippen LogP contribution in [-0.2, 0) is 18.3 Å². The van der Waals surface area contributed by atoms with Crippen LogP contribution in [0.15, 0.2) is 17.3 Å². The van der Waals surface area contributed by atoms with Crippen LogP contribution in [-0.4, -0.2) is 65.1 Å². The van der Waals surface area contributed by atoms with Crippen molar-refractivity contribution in [1.29, 1.82) is 0 Å². The van der Waals surface area contributed by atoms with Gasteiger partial charge in [0.15, 0.2) is 5.96 Å². The number of halogens is 1. The number of rotatable bonds is 5. The summed E-state index contributed by atoms with van der Waals surface area (Å²) < 4.78 is 7.70. The molecule has 0 amide bonds. The first kappa shape index (κ1) is 22.2. The number of morpholine rings is 1. The maximum Gasteiger partial charge on any atom is 0.191 e. The van der Waals surface area contributed by atoms with Crippen LogP contribution in [0.4, 0.5) is 0 Å². The van der Waals surface area contributed by atoms with Crippen LogP contribution >= 0.6 is 24.0 Å². The van der Waals surface area contributed by atoms with E-state index in [-0.39, 0.29) is 41.7 Å². The van der Waals surface area contributed by atoms with Gasteiger partial charge in [0.2, 0.25) is 0 Å². The number of hydrogen-bond donors (Lipinski definition) is 2. The number of guanidine groups is 1. The largest absolute Gasteiger partial charge is 0.373 e. The zero-order valence-electron chi connectivity index (χ0n) is 16.2. The number of ether oxygens (including phenoxy) is 1. The Labute approximate surface area is 168 Å². The predicted octanol–water partition coefficient (Wildman–Crippen LogP) is 1.59. The highest BCUT2D eigenvalue weighted by atomic mass is 127. The molecule has 1 aliphatic rings. The minimum atomic E-state index is 0. The molecule has 0 bridgehead atoms. The molecule has 25 heavy (non-hydrogen) atoms. The summed E-state index contributed by atoms with van der Waals surface area (Å²) in [7, 11) is 3.74. The number of aryl methyl sites for hydroxylation is 1. The summed E-state index contributed by atoms with van der Waals surface area (Å²) in [5, 5.41) is 11.0. The van der Waals surface area contributed by atoms with E-state index in [1.165, 1.54) is 0 Å². The second-order valence-electron chi connectivity index (χ2n) is 7.20. The molecule has 0 spiro atoms. The van der Waals surface area contributed by atoms with E-state index in [4.69, 9.17) is 4.74 Å². The fourth-order valence-electron chi connectivity index (χ4n) is 3.05. The molecule has 7 nitrogen and oxygen atoms in total. The molecule has 0 saturated carbocycles. The number of nitrogens with one attached hydrogen (secondary N) is 2. The van der Waals surface area contributed by atoms with Gasteiger partial charge in [0, 0.05) is 45.5 Å². The van der Waals surface area contributed by atoms with Crippen molar-refractivity contribution < 1.29 is 4.74 Å². The van der Waals surface area contributed by atoms with Gasteiger partial charge in [-0.1, -0.05) is 0 Å². The molecule has 2 rings (SSSR count). The second kappa shape index (κ2) is 9.72. The molecule has 8 heteroatoms. The van der Waals surface area contributed by atoms with Gasteiger partial charge in [0.1, 0.15) is 0 Å². The van der Waals surface area contributed by atoms with Crippen LogP contribution in [0.1, 0.15) is 33.4 Å². The molecule has 0 aliphatic carbocycles. The van der Waals surface area contributed by atoms with Crippen LogP contribution in [0.25, 0.3) is 0 Å². The van der Waals surface area contributed by atoms with Crippen molar-refractivity contribution in [3.8, 4) is 0 Å². The highest BCUT2D eigenvalue weighted by Crippen LogP contribution is 2.20. The molecule has 1 aromatic heterocycles. The molecule has 144 valence electrons. The van der Waals surface area contributed by atoms with Crippen molar-refractivity contribution in [3.05, 3.63) is 18.0 Å². The third kappa shape index (κ3) is 6.41. The molecular weight excluding hydrogens is 431 g/mol. The first-order valence-corrected chi connectivity index (χ1v) is 8.63. The third-order valence-corrected chi connectivity index (χ3v) is 4.55.